The van der Waals surface area contributed by atoms with Crippen LogP contribution in [0, 0.1) is 5.92 Å². The summed E-state index contributed by atoms with van der Waals surface area (Å²) in [6.45, 7) is 6.69. The number of hydrogen-bond acceptors (Lipinski definition) is 1. The molecule has 1 aromatic carbocycles. The summed E-state index contributed by atoms with van der Waals surface area (Å²) in [6.07, 6.45) is 1.47. The first-order valence-electron chi connectivity index (χ1n) is 5.84. The first-order chi connectivity index (χ1) is 8.09. The average molecular weight is 229 g/mol. The largest absolute Gasteiger partial charge is 0.348 e. The lowest BCUT2D eigenvalue weighted by Crippen LogP contribution is -2.19. The van der Waals surface area contributed by atoms with Gasteiger partial charge in [0, 0.05) is 12.6 Å². The zero-order valence-corrected chi connectivity index (χ0v) is 10.7. The Bertz CT molecular complexity index is 425. The molecule has 2 heteroatoms. The molecular weight excluding hydrogens is 210 g/mol. The van der Waals surface area contributed by atoms with E-state index in [0.29, 0.717) is 12.5 Å². The molecule has 0 atom stereocenters. The van der Waals surface area contributed by atoms with Crippen LogP contribution in [0.4, 0.5) is 0 Å². The Balaban J connectivity index is 2.49. The van der Waals surface area contributed by atoms with Crippen LogP contribution in [0.5, 0.6) is 0 Å². The summed E-state index contributed by atoms with van der Waals surface area (Å²) >= 11 is 0. The fourth-order valence-corrected chi connectivity index (χ4v) is 1.18. The van der Waals surface area contributed by atoms with Gasteiger partial charge in [-0.1, -0.05) is 44.2 Å². The molecule has 0 aliphatic heterocycles. The third kappa shape index (κ3) is 5.19. The SMILES string of the molecule is CC(=C=CC(=O)NCc1ccccc1)C(C)C. The van der Waals surface area contributed by atoms with Gasteiger partial charge >= 0.3 is 0 Å². The van der Waals surface area contributed by atoms with E-state index in [0.717, 1.165) is 11.1 Å². The van der Waals surface area contributed by atoms with E-state index in [-0.39, 0.29) is 5.91 Å². The summed E-state index contributed by atoms with van der Waals surface area (Å²) < 4.78 is 0. The van der Waals surface area contributed by atoms with Crippen molar-refractivity contribution in [1.29, 1.82) is 0 Å². The standard InChI is InChI=1S/C15H19NO/c1-12(2)13(3)9-10-15(17)16-11-14-7-5-4-6-8-14/h4-8,10,12H,11H2,1-3H3,(H,16,17). The van der Waals surface area contributed by atoms with Crippen LogP contribution in [0.2, 0.25) is 0 Å². The second kappa shape index (κ2) is 6.72. The molecule has 1 rings (SSSR count). The normalized spacial score (nSPS) is 9.65. The molecule has 0 saturated carbocycles. The Labute approximate surface area is 103 Å². The highest BCUT2D eigenvalue weighted by Gasteiger charge is 1.97. The predicted octanol–water partition coefficient (Wildman–Crippen LogP) is 3.06. The van der Waals surface area contributed by atoms with Crippen molar-refractivity contribution in [3.05, 3.63) is 53.3 Å². The number of nitrogens with one attached hydrogen (secondary N) is 1. The lowest BCUT2D eigenvalue weighted by Gasteiger charge is -2.02. The van der Waals surface area contributed by atoms with Crippen LogP contribution >= 0.6 is 0 Å². The van der Waals surface area contributed by atoms with Gasteiger partial charge in [0.25, 0.3) is 5.91 Å². The van der Waals surface area contributed by atoms with Crippen molar-refractivity contribution in [3.63, 3.8) is 0 Å². The zero-order chi connectivity index (χ0) is 12.7. The molecule has 1 amide bonds. The first-order valence-corrected chi connectivity index (χ1v) is 5.84. The van der Waals surface area contributed by atoms with E-state index in [1.165, 1.54) is 6.08 Å². The Morgan fingerprint density at radius 3 is 2.59 bits per heavy atom. The molecule has 17 heavy (non-hydrogen) atoms. The van der Waals surface area contributed by atoms with Crippen LogP contribution < -0.4 is 5.32 Å². The molecular formula is C15H19NO. The minimum absolute atomic E-state index is 0.103. The van der Waals surface area contributed by atoms with Crippen molar-refractivity contribution in [2.24, 2.45) is 5.92 Å². The summed E-state index contributed by atoms with van der Waals surface area (Å²) in [5.74, 6) is 0.321. The van der Waals surface area contributed by atoms with Crippen LogP contribution in [-0.2, 0) is 11.3 Å². The van der Waals surface area contributed by atoms with E-state index in [1.54, 1.807) is 0 Å². The van der Waals surface area contributed by atoms with E-state index >= 15 is 0 Å². The number of amides is 1. The highest BCUT2D eigenvalue weighted by Crippen LogP contribution is 2.04. The minimum atomic E-state index is -0.103. The summed E-state index contributed by atoms with van der Waals surface area (Å²) in [5, 5.41) is 2.82. The molecule has 1 aromatic rings. The molecule has 0 spiro atoms. The minimum Gasteiger partial charge on any atom is -0.348 e. The van der Waals surface area contributed by atoms with Gasteiger partial charge in [-0.3, -0.25) is 4.79 Å². The Kier molecular flexibility index (Phi) is 5.25. The molecule has 90 valence electrons. The van der Waals surface area contributed by atoms with Gasteiger partial charge < -0.3 is 5.32 Å². The topological polar surface area (TPSA) is 29.1 Å². The molecule has 0 heterocycles. The monoisotopic (exact) mass is 229 g/mol. The second-order valence-corrected chi connectivity index (χ2v) is 4.33. The summed E-state index contributed by atoms with van der Waals surface area (Å²) in [6, 6.07) is 9.85. The average Bonchev–Trinajstić information content (AvgIpc) is 2.34. The zero-order valence-electron chi connectivity index (χ0n) is 10.7. The maximum atomic E-state index is 11.5. The van der Waals surface area contributed by atoms with Gasteiger partial charge in [0.15, 0.2) is 0 Å². The van der Waals surface area contributed by atoms with Crippen molar-refractivity contribution in [2.45, 2.75) is 27.3 Å². The van der Waals surface area contributed by atoms with Gasteiger partial charge in [-0.15, -0.1) is 5.73 Å². The molecule has 0 radical (unpaired) electrons. The Morgan fingerprint density at radius 2 is 2.00 bits per heavy atom. The van der Waals surface area contributed by atoms with Gasteiger partial charge in [-0.05, 0) is 24.0 Å². The van der Waals surface area contributed by atoms with E-state index in [4.69, 9.17) is 0 Å². The number of rotatable bonds is 4. The van der Waals surface area contributed by atoms with E-state index in [9.17, 15) is 4.79 Å². The fourth-order valence-electron chi connectivity index (χ4n) is 1.18. The van der Waals surface area contributed by atoms with E-state index < -0.39 is 0 Å². The van der Waals surface area contributed by atoms with Crippen molar-refractivity contribution < 1.29 is 4.79 Å². The first kappa shape index (κ1) is 13.3. The van der Waals surface area contributed by atoms with Crippen molar-refractivity contribution in [1.82, 2.24) is 5.32 Å². The van der Waals surface area contributed by atoms with E-state index in [1.807, 2.05) is 37.3 Å². The van der Waals surface area contributed by atoms with Gasteiger partial charge in [-0.2, -0.15) is 0 Å². The highest BCUT2D eigenvalue weighted by molar-refractivity contribution is 5.87. The molecule has 0 bridgehead atoms. The van der Waals surface area contributed by atoms with Crippen LogP contribution in [0.25, 0.3) is 0 Å². The number of benzene rings is 1. The lowest BCUT2D eigenvalue weighted by atomic mass is 10.1. The summed E-state index contributed by atoms with van der Waals surface area (Å²) in [4.78, 5) is 11.5. The van der Waals surface area contributed by atoms with Gasteiger partial charge in [0.2, 0.25) is 0 Å². The number of hydrogen-bond donors (Lipinski definition) is 1. The van der Waals surface area contributed by atoms with Crippen molar-refractivity contribution in [3.8, 4) is 0 Å². The fraction of sp³-hybridized carbons (Fsp3) is 0.333. The quantitative estimate of drug-likeness (QED) is 0.624. The van der Waals surface area contributed by atoms with Gasteiger partial charge in [0.1, 0.15) is 0 Å². The number of carbonyl (C=O) groups excluding carboxylic acids is 1. The van der Waals surface area contributed by atoms with E-state index in [2.05, 4.69) is 24.9 Å². The maximum Gasteiger partial charge on any atom is 0.252 e. The third-order valence-electron chi connectivity index (χ3n) is 2.61. The molecule has 0 aliphatic rings. The second-order valence-electron chi connectivity index (χ2n) is 4.33. The Hall–Kier alpha value is -1.79. The molecule has 2 nitrogen and oxygen atoms in total. The molecule has 0 unspecified atom stereocenters. The summed E-state index contributed by atoms with van der Waals surface area (Å²) in [7, 11) is 0. The molecule has 0 saturated heterocycles. The van der Waals surface area contributed by atoms with Crippen molar-refractivity contribution >= 4 is 5.91 Å². The van der Waals surface area contributed by atoms with Crippen LogP contribution in [0.1, 0.15) is 26.3 Å². The summed E-state index contributed by atoms with van der Waals surface area (Å²) in [5.41, 5.74) is 5.18. The molecule has 0 aliphatic carbocycles. The lowest BCUT2D eigenvalue weighted by molar-refractivity contribution is -0.116. The van der Waals surface area contributed by atoms with Gasteiger partial charge in [-0.25, -0.2) is 0 Å². The van der Waals surface area contributed by atoms with Crippen LogP contribution in [-0.4, -0.2) is 5.91 Å². The van der Waals surface area contributed by atoms with Crippen LogP contribution in [0.15, 0.2) is 47.7 Å². The predicted molar refractivity (Wildman–Crippen MR) is 70.4 cm³/mol. The third-order valence-corrected chi connectivity index (χ3v) is 2.61. The highest BCUT2D eigenvalue weighted by atomic mass is 16.1. The Morgan fingerprint density at radius 1 is 1.35 bits per heavy atom. The molecule has 1 N–H and O–H groups in total. The maximum absolute atomic E-state index is 11.5. The smallest absolute Gasteiger partial charge is 0.252 e. The van der Waals surface area contributed by atoms with Gasteiger partial charge in [0.05, 0.1) is 0 Å². The molecule has 0 aromatic heterocycles. The van der Waals surface area contributed by atoms with Crippen LogP contribution in [0.3, 0.4) is 0 Å². The number of carbonyl (C=O) groups is 1. The molecule has 0 fully saturated rings. The van der Waals surface area contributed by atoms with Crippen molar-refractivity contribution in [2.75, 3.05) is 0 Å².